The Hall–Kier alpha value is -2.07. The Balaban J connectivity index is 0.000000924. The molecule has 1 unspecified atom stereocenters. The summed E-state index contributed by atoms with van der Waals surface area (Å²) in [5.41, 5.74) is 3.46. The fourth-order valence-corrected chi connectivity index (χ4v) is 2.67. The van der Waals surface area contributed by atoms with Crippen LogP contribution in [0.4, 0.5) is 8.78 Å². The third-order valence-corrected chi connectivity index (χ3v) is 3.76. The fourth-order valence-electron chi connectivity index (χ4n) is 2.67. The molecule has 0 amide bonds. The first-order valence-corrected chi connectivity index (χ1v) is 7.81. The van der Waals surface area contributed by atoms with Gasteiger partial charge in [-0.3, -0.25) is 4.79 Å². The van der Waals surface area contributed by atoms with Gasteiger partial charge >= 0.3 is 0 Å². The molecule has 1 atom stereocenters. The van der Waals surface area contributed by atoms with Crippen molar-refractivity contribution in [1.29, 1.82) is 0 Å². The molecular formula is C19H20F2O2. The van der Waals surface area contributed by atoms with Crippen molar-refractivity contribution in [1.82, 2.24) is 0 Å². The minimum absolute atomic E-state index is 0.0613. The molecule has 0 fully saturated rings. The lowest BCUT2D eigenvalue weighted by molar-refractivity contribution is 0.0409. The van der Waals surface area contributed by atoms with Gasteiger partial charge in [-0.15, -0.1) is 0 Å². The molecule has 0 spiro atoms. The van der Waals surface area contributed by atoms with Gasteiger partial charge in [0.05, 0.1) is 12.7 Å². The van der Waals surface area contributed by atoms with Gasteiger partial charge in [-0.1, -0.05) is 32.0 Å². The van der Waals surface area contributed by atoms with E-state index < -0.39 is 11.6 Å². The lowest BCUT2D eigenvalue weighted by Gasteiger charge is -2.13. The maximum atomic E-state index is 13.1. The molecule has 0 saturated carbocycles. The molecule has 0 aromatic heterocycles. The Labute approximate surface area is 135 Å². The van der Waals surface area contributed by atoms with Crippen LogP contribution in [0.3, 0.4) is 0 Å². The molecule has 1 aliphatic rings. The maximum Gasteiger partial charge on any atom is 0.159 e. The van der Waals surface area contributed by atoms with Gasteiger partial charge < -0.3 is 4.74 Å². The molecule has 0 bridgehead atoms. The van der Waals surface area contributed by atoms with E-state index in [0.717, 1.165) is 42.4 Å². The zero-order valence-corrected chi connectivity index (χ0v) is 13.3. The minimum atomic E-state index is -0.862. The van der Waals surface area contributed by atoms with Crippen molar-refractivity contribution in [3.8, 4) is 0 Å². The number of halogens is 2. The third-order valence-electron chi connectivity index (χ3n) is 3.76. The van der Waals surface area contributed by atoms with E-state index in [4.69, 9.17) is 4.74 Å². The van der Waals surface area contributed by atoms with Gasteiger partial charge in [0, 0.05) is 5.56 Å². The second-order valence-corrected chi connectivity index (χ2v) is 5.16. The SMILES string of the molecule is CC.O=Cc1ccc2c(c1)CCC2OCc1ccc(F)c(F)c1. The number of carbonyl (C=O) groups excluding carboxylic acids is 1. The molecule has 0 aliphatic heterocycles. The molecule has 1 aliphatic carbocycles. The lowest BCUT2D eigenvalue weighted by atomic mass is 10.1. The normalized spacial score (nSPS) is 15.6. The van der Waals surface area contributed by atoms with E-state index in [1.54, 1.807) is 6.07 Å². The van der Waals surface area contributed by atoms with Crippen molar-refractivity contribution in [2.75, 3.05) is 0 Å². The summed E-state index contributed by atoms with van der Waals surface area (Å²) in [5.74, 6) is -1.72. The van der Waals surface area contributed by atoms with Crippen LogP contribution in [0.2, 0.25) is 0 Å². The van der Waals surface area contributed by atoms with Gasteiger partial charge in [0.2, 0.25) is 0 Å². The smallest absolute Gasteiger partial charge is 0.159 e. The van der Waals surface area contributed by atoms with Crippen LogP contribution in [-0.2, 0) is 17.8 Å². The van der Waals surface area contributed by atoms with Gasteiger partial charge in [-0.25, -0.2) is 8.78 Å². The number of aryl methyl sites for hydroxylation is 1. The molecule has 0 heterocycles. The fraction of sp³-hybridized carbons (Fsp3) is 0.316. The average Bonchev–Trinajstić information content (AvgIpc) is 3.00. The predicted octanol–water partition coefficient (Wildman–Crippen LogP) is 5.01. The van der Waals surface area contributed by atoms with Crippen molar-refractivity contribution < 1.29 is 18.3 Å². The monoisotopic (exact) mass is 318 g/mol. The largest absolute Gasteiger partial charge is 0.369 e. The van der Waals surface area contributed by atoms with Crippen LogP contribution in [0, 0.1) is 11.6 Å². The lowest BCUT2D eigenvalue weighted by Crippen LogP contribution is -2.01. The van der Waals surface area contributed by atoms with Crippen molar-refractivity contribution >= 4 is 6.29 Å². The summed E-state index contributed by atoms with van der Waals surface area (Å²) in [7, 11) is 0. The molecule has 0 saturated heterocycles. The number of hydrogen-bond acceptors (Lipinski definition) is 2. The molecule has 2 aromatic carbocycles. The summed E-state index contributed by atoms with van der Waals surface area (Å²) in [6.07, 6.45) is 2.46. The highest BCUT2D eigenvalue weighted by Gasteiger charge is 2.23. The van der Waals surface area contributed by atoms with Gasteiger partial charge in [0.25, 0.3) is 0 Å². The predicted molar refractivity (Wildman–Crippen MR) is 85.4 cm³/mol. The molecule has 0 N–H and O–H groups in total. The zero-order chi connectivity index (χ0) is 16.8. The summed E-state index contributed by atoms with van der Waals surface area (Å²) in [4.78, 5) is 10.8. The van der Waals surface area contributed by atoms with Gasteiger partial charge in [0.1, 0.15) is 6.29 Å². The van der Waals surface area contributed by atoms with Crippen molar-refractivity contribution in [2.45, 2.75) is 39.4 Å². The first-order chi connectivity index (χ1) is 11.2. The minimum Gasteiger partial charge on any atom is -0.369 e. The number of ether oxygens (including phenoxy) is 1. The third kappa shape index (κ3) is 4.02. The van der Waals surface area contributed by atoms with E-state index in [-0.39, 0.29) is 12.7 Å². The highest BCUT2D eigenvalue weighted by atomic mass is 19.2. The number of benzene rings is 2. The van der Waals surface area contributed by atoms with Crippen molar-refractivity contribution in [2.24, 2.45) is 0 Å². The van der Waals surface area contributed by atoms with Crippen LogP contribution < -0.4 is 0 Å². The van der Waals surface area contributed by atoms with Gasteiger partial charge in [-0.05, 0) is 47.7 Å². The quantitative estimate of drug-likeness (QED) is 0.741. The topological polar surface area (TPSA) is 26.3 Å². The van der Waals surface area contributed by atoms with Crippen LogP contribution in [0.15, 0.2) is 36.4 Å². The van der Waals surface area contributed by atoms with Crippen LogP contribution in [0.1, 0.15) is 53.4 Å². The van der Waals surface area contributed by atoms with E-state index in [9.17, 15) is 13.6 Å². The maximum absolute atomic E-state index is 13.1. The van der Waals surface area contributed by atoms with Crippen LogP contribution in [0.5, 0.6) is 0 Å². The second kappa shape index (κ2) is 7.97. The average molecular weight is 318 g/mol. The first-order valence-electron chi connectivity index (χ1n) is 7.81. The molecule has 2 aromatic rings. The number of carbonyl (C=O) groups is 1. The molecule has 0 radical (unpaired) electrons. The molecular weight excluding hydrogens is 298 g/mol. The standard InChI is InChI=1S/C17H14F2O2.C2H6/c18-15-5-2-12(8-16(15)19)10-21-17-6-3-13-7-11(9-20)1-4-14(13)17;1-2/h1-2,4-5,7-9,17H,3,6,10H2;1-2H3. The Morgan fingerprint density at radius 3 is 2.61 bits per heavy atom. The highest BCUT2D eigenvalue weighted by Crippen LogP contribution is 2.35. The van der Waals surface area contributed by atoms with E-state index in [1.807, 2.05) is 26.0 Å². The summed E-state index contributed by atoms with van der Waals surface area (Å²) < 4.78 is 31.8. The molecule has 2 nitrogen and oxygen atoms in total. The number of rotatable bonds is 4. The molecule has 122 valence electrons. The number of fused-ring (bicyclic) bond motifs is 1. The Kier molecular flexibility index (Phi) is 5.99. The van der Waals surface area contributed by atoms with Crippen LogP contribution in [-0.4, -0.2) is 6.29 Å². The Bertz CT molecular complexity index is 683. The number of aldehydes is 1. The summed E-state index contributed by atoms with van der Waals surface area (Å²) in [6, 6.07) is 9.33. The number of hydrogen-bond donors (Lipinski definition) is 0. The molecule has 23 heavy (non-hydrogen) atoms. The van der Waals surface area contributed by atoms with Crippen LogP contribution >= 0.6 is 0 Å². The zero-order valence-electron chi connectivity index (χ0n) is 13.3. The first kappa shape index (κ1) is 17.3. The Morgan fingerprint density at radius 1 is 1.13 bits per heavy atom. The van der Waals surface area contributed by atoms with Crippen molar-refractivity contribution in [3.05, 3.63) is 70.3 Å². The van der Waals surface area contributed by atoms with Crippen molar-refractivity contribution in [3.63, 3.8) is 0 Å². The van der Waals surface area contributed by atoms with E-state index >= 15 is 0 Å². The van der Waals surface area contributed by atoms with Crippen LogP contribution in [0.25, 0.3) is 0 Å². The van der Waals surface area contributed by atoms with E-state index in [0.29, 0.717) is 11.1 Å². The molecule has 3 rings (SSSR count). The molecule has 4 heteroatoms. The van der Waals surface area contributed by atoms with E-state index in [2.05, 4.69) is 0 Å². The van der Waals surface area contributed by atoms with E-state index in [1.165, 1.54) is 6.07 Å². The van der Waals surface area contributed by atoms with Gasteiger partial charge in [-0.2, -0.15) is 0 Å². The van der Waals surface area contributed by atoms with Gasteiger partial charge in [0.15, 0.2) is 11.6 Å². The summed E-state index contributed by atoms with van der Waals surface area (Å²) in [5, 5.41) is 0. The Morgan fingerprint density at radius 2 is 1.91 bits per heavy atom. The summed E-state index contributed by atoms with van der Waals surface area (Å²) in [6.45, 7) is 4.23. The highest BCUT2D eigenvalue weighted by molar-refractivity contribution is 5.75. The summed E-state index contributed by atoms with van der Waals surface area (Å²) >= 11 is 0. The second-order valence-electron chi connectivity index (χ2n) is 5.16.